The van der Waals surface area contributed by atoms with Gasteiger partial charge in [0.05, 0.1) is 6.61 Å². The molecular formula is C17H23NO3S. The van der Waals surface area contributed by atoms with Crippen LogP contribution in [0.2, 0.25) is 0 Å². The Labute approximate surface area is 132 Å². The van der Waals surface area contributed by atoms with E-state index in [0.717, 1.165) is 38.5 Å². The molecular weight excluding hydrogens is 298 g/mol. The molecule has 0 bridgehead atoms. The smallest absolute Gasteiger partial charge is 0.258 e. The Morgan fingerprint density at radius 1 is 1.09 bits per heavy atom. The van der Waals surface area contributed by atoms with E-state index in [1.165, 1.54) is 12.0 Å². The van der Waals surface area contributed by atoms with E-state index in [0.29, 0.717) is 12.5 Å². The van der Waals surface area contributed by atoms with Crippen molar-refractivity contribution in [3.63, 3.8) is 0 Å². The number of rotatable bonds is 1. The standard InChI is InChI=1S/C17H23NO3S/c19-22(20)18-16(9-12-21-22)15(14-7-3-1-4-8-14)13-17(18)10-5-2-6-11-17/h1,3-4,7-8,15-16H,2,5-6,9-13H2/t15-,16-/m0/s1. The maximum absolute atomic E-state index is 12.6. The third-order valence-corrected chi connectivity index (χ3v) is 7.34. The van der Waals surface area contributed by atoms with Gasteiger partial charge in [-0.2, -0.15) is 12.7 Å². The van der Waals surface area contributed by atoms with Crippen molar-refractivity contribution in [1.82, 2.24) is 4.31 Å². The number of benzene rings is 1. The summed E-state index contributed by atoms with van der Waals surface area (Å²) in [4.78, 5) is 0. The zero-order valence-electron chi connectivity index (χ0n) is 12.8. The van der Waals surface area contributed by atoms with Gasteiger partial charge in [-0.25, -0.2) is 0 Å². The van der Waals surface area contributed by atoms with Gasteiger partial charge in [0.25, 0.3) is 0 Å². The SMILES string of the molecule is O=S1(=O)OCC[C@H]2[C@H](c3ccccc3)CC3(CCCCC3)N21. The molecule has 0 amide bonds. The molecule has 3 fully saturated rings. The van der Waals surface area contributed by atoms with Crippen molar-refractivity contribution in [3.05, 3.63) is 35.9 Å². The lowest BCUT2D eigenvalue weighted by Gasteiger charge is -2.43. The van der Waals surface area contributed by atoms with Gasteiger partial charge in [0, 0.05) is 17.5 Å². The van der Waals surface area contributed by atoms with E-state index in [1.807, 2.05) is 6.07 Å². The summed E-state index contributed by atoms with van der Waals surface area (Å²) in [6.07, 6.45) is 7.19. The average molecular weight is 321 g/mol. The normalized spacial score (nSPS) is 33.6. The Kier molecular flexibility index (Phi) is 3.55. The minimum absolute atomic E-state index is 0.0687. The first-order valence-electron chi connectivity index (χ1n) is 8.36. The van der Waals surface area contributed by atoms with Gasteiger partial charge < -0.3 is 0 Å². The first-order valence-corrected chi connectivity index (χ1v) is 9.73. The van der Waals surface area contributed by atoms with Gasteiger partial charge in [0.1, 0.15) is 0 Å². The second kappa shape index (κ2) is 5.32. The Balaban J connectivity index is 1.78. The highest BCUT2D eigenvalue weighted by atomic mass is 32.2. The summed E-state index contributed by atoms with van der Waals surface area (Å²) in [7, 11) is -3.58. The molecule has 120 valence electrons. The molecule has 2 heterocycles. The molecule has 1 aliphatic carbocycles. The Hall–Kier alpha value is -0.910. The zero-order valence-corrected chi connectivity index (χ0v) is 13.6. The van der Waals surface area contributed by atoms with Crippen LogP contribution in [0.15, 0.2) is 30.3 Å². The molecule has 0 unspecified atom stereocenters. The second-order valence-electron chi connectivity index (χ2n) is 6.94. The molecule has 0 aromatic heterocycles. The molecule has 2 atom stereocenters. The largest absolute Gasteiger partial charge is 0.339 e. The third kappa shape index (κ3) is 2.22. The molecule has 2 aliphatic heterocycles. The van der Waals surface area contributed by atoms with Gasteiger partial charge in [0.15, 0.2) is 0 Å². The van der Waals surface area contributed by atoms with Crippen molar-refractivity contribution in [2.75, 3.05) is 6.61 Å². The molecule has 0 N–H and O–H groups in total. The highest BCUT2D eigenvalue weighted by molar-refractivity contribution is 7.84. The summed E-state index contributed by atoms with van der Waals surface area (Å²) in [5.74, 6) is 0.304. The minimum atomic E-state index is -3.58. The van der Waals surface area contributed by atoms with Crippen LogP contribution in [0.4, 0.5) is 0 Å². The number of hydrogen-bond acceptors (Lipinski definition) is 3. The van der Waals surface area contributed by atoms with Crippen molar-refractivity contribution in [1.29, 1.82) is 0 Å². The van der Waals surface area contributed by atoms with Crippen LogP contribution in [0.1, 0.15) is 56.4 Å². The summed E-state index contributed by atoms with van der Waals surface area (Å²) in [6.45, 7) is 0.322. The lowest BCUT2D eigenvalue weighted by atomic mass is 9.77. The van der Waals surface area contributed by atoms with Crippen LogP contribution < -0.4 is 0 Å². The summed E-state index contributed by atoms with van der Waals surface area (Å²) < 4.78 is 32.2. The molecule has 22 heavy (non-hydrogen) atoms. The van der Waals surface area contributed by atoms with E-state index in [2.05, 4.69) is 24.3 Å². The van der Waals surface area contributed by atoms with Crippen molar-refractivity contribution in [3.8, 4) is 0 Å². The molecule has 1 spiro atoms. The topological polar surface area (TPSA) is 46.6 Å². The Morgan fingerprint density at radius 3 is 2.55 bits per heavy atom. The number of nitrogens with zero attached hydrogens (tertiary/aromatic N) is 1. The zero-order chi connectivity index (χ0) is 15.2. The molecule has 5 heteroatoms. The lowest BCUT2D eigenvalue weighted by Crippen LogP contribution is -2.54. The van der Waals surface area contributed by atoms with Crippen LogP contribution in [-0.4, -0.2) is 30.9 Å². The number of fused-ring (bicyclic) bond motifs is 2. The van der Waals surface area contributed by atoms with Gasteiger partial charge in [-0.05, 0) is 31.2 Å². The second-order valence-corrected chi connectivity index (χ2v) is 8.42. The van der Waals surface area contributed by atoms with Crippen LogP contribution in [-0.2, 0) is 14.5 Å². The van der Waals surface area contributed by atoms with Gasteiger partial charge >= 0.3 is 10.3 Å². The van der Waals surface area contributed by atoms with E-state index in [1.54, 1.807) is 4.31 Å². The fourth-order valence-corrected chi connectivity index (χ4v) is 6.61. The van der Waals surface area contributed by atoms with Crippen molar-refractivity contribution in [2.24, 2.45) is 0 Å². The van der Waals surface area contributed by atoms with Crippen LogP contribution in [0.25, 0.3) is 0 Å². The summed E-state index contributed by atoms with van der Waals surface area (Å²) >= 11 is 0. The highest BCUT2D eigenvalue weighted by Crippen LogP contribution is 2.53. The molecule has 4 rings (SSSR count). The van der Waals surface area contributed by atoms with Gasteiger partial charge in [0.2, 0.25) is 0 Å². The van der Waals surface area contributed by atoms with E-state index in [4.69, 9.17) is 4.18 Å². The molecule has 1 aromatic rings. The van der Waals surface area contributed by atoms with Gasteiger partial charge in [-0.15, -0.1) is 0 Å². The Bertz CT molecular complexity index is 637. The molecule has 4 nitrogen and oxygen atoms in total. The molecule has 1 aromatic carbocycles. The van der Waals surface area contributed by atoms with E-state index in [9.17, 15) is 8.42 Å². The fraction of sp³-hybridized carbons (Fsp3) is 0.647. The average Bonchev–Trinajstić information content (AvgIpc) is 2.84. The first-order chi connectivity index (χ1) is 10.6. The fourth-order valence-electron chi connectivity index (χ4n) is 4.88. The summed E-state index contributed by atoms with van der Waals surface area (Å²) in [5, 5.41) is 0. The van der Waals surface area contributed by atoms with Crippen molar-refractivity contribution < 1.29 is 12.6 Å². The molecule has 0 radical (unpaired) electrons. The summed E-state index contributed by atoms with van der Waals surface area (Å²) in [6, 6.07) is 10.5. The predicted molar refractivity (Wildman–Crippen MR) is 84.7 cm³/mol. The maximum Gasteiger partial charge on any atom is 0.339 e. The van der Waals surface area contributed by atoms with Crippen molar-refractivity contribution >= 4 is 10.3 Å². The van der Waals surface area contributed by atoms with Crippen LogP contribution in [0.5, 0.6) is 0 Å². The molecule has 1 saturated carbocycles. The monoisotopic (exact) mass is 321 g/mol. The van der Waals surface area contributed by atoms with Crippen LogP contribution in [0, 0.1) is 0 Å². The van der Waals surface area contributed by atoms with Crippen molar-refractivity contribution in [2.45, 2.75) is 62.4 Å². The summed E-state index contributed by atoms with van der Waals surface area (Å²) in [5.41, 5.74) is 1.07. The van der Waals surface area contributed by atoms with E-state index in [-0.39, 0.29) is 11.6 Å². The third-order valence-electron chi connectivity index (χ3n) is 5.73. The van der Waals surface area contributed by atoms with Gasteiger partial charge in [-0.1, -0.05) is 49.6 Å². The minimum Gasteiger partial charge on any atom is -0.258 e. The predicted octanol–water partition coefficient (Wildman–Crippen LogP) is 3.21. The first kappa shape index (κ1) is 14.7. The van der Waals surface area contributed by atoms with E-state index >= 15 is 0 Å². The Morgan fingerprint density at radius 2 is 1.82 bits per heavy atom. The van der Waals surface area contributed by atoms with Crippen LogP contribution in [0.3, 0.4) is 0 Å². The number of hydrogen-bond donors (Lipinski definition) is 0. The van der Waals surface area contributed by atoms with Crippen LogP contribution >= 0.6 is 0 Å². The highest BCUT2D eigenvalue weighted by Gasteiger charge is 2.58. The molecule has 2 saturated heterocycles. The lowest BCUT2D eigenvalue weighted by molar-refractivity contribution is 0.0925. The van der Waals surface area contributed by atoms with E-state index < -0.39 is 10.3 Å². The van der Waals surface area contributed by atoms with Gasteiger partial charge in [-0.3, -0.25) is 4.18 Å². The molecule has 3 aliphatic rings. The quantitative estimate of drug-likeness (QED) is 0.798. The maximum atomic E-state index is 12.6.